The minimum atomic E-state index is -4.50. The van der Waals surface area contributed by atoms with Crippen molar-refractivity contribution in [1.29, 1.82) is 0 Å². The molecule has 1 aliphatic rings. The molecular formula is C22H20F3N7O. The molecule has 0 bridgehead atoms. The predicted octanol–water partition coefficient (Wildman–Crippen LogP) is 4.32. The van der Waals surface area contributed by atoms with Crippen LogP contribution in [-0.2, 0) is 6.18 Å². The van der Waals surface area contributed by atoms with Crippen molar-refractivity contribution < 1.29 is 18.0 Å². The zero-order valence-electron chi connectivity index (χ0n) is 17.4. The first kappa shape index (κ1) is 21.1. The third kappa shape index (κ3) is 4.30. The summed E-state index contributed by atoms with van der Waals surface area (Å²) in [7, 11) is 0. The van der Waals surface area contributed by atoms with Crippen molar-refractivity contribution in [2.24, 2.45) is 10.9 Å². The number of hydrogen-bond acceptors (Lipinski definition) is 5. The lowest BCUT2D eigenvalue weighted by Gasteiger charge is -2.27. The van der Waals surface area contributed by atoms with Gasteiger partial charge >= 0.3 is 6.18 Å². The van der Waals surface area contributed by atoms with E-state index >= 15 is 0 Å². The Morgan fingerprint density at radius 2 is 2.03 bits per heavy atom. The summed E-state index contributed by atoms with van der Waals surface area (Å²) in [6.45, 7) is 0. The van der Waals surface area contributed by atoms with Crippen LogP contribution in [0.25, 0.3) is 16.7 Å². The molecule has 1 fully saturated rings. The summed E-state index contributed by atoms with van der Waals surface area (Å²) >= 11 is 0. The average molecular weight is 455 g/mol. The van der Waals surface area contributed by atoms with Gasteiger partial charge in [0.05, 0.1) is 17.1 Å². The number of amides is 1. The fraction of sp³-hybridized carbons (Fsp3) is 0.318. The van der Waals surface area contributed by atoms with Crippen LogP contribution in [0.5, 0.6) is 0 Å². The molecule has 8 nitrogen and oxygen atoms in total. The molecule has 1 aliphatic carbocycles. The molecule has 0 spiro atoms. The second-order valence-corrected chi connectivity index (χ2v) is 8.09. The van der Waals surface area contributed by atoms with Crippen LogP contribution in [0, 0.1) is 5.92 Å². The van der Waals surface area contributed by atoms with E-state index in [1.54, 1.807) is 36.8 Å². The van der Waals surface area contributed by atoms with Crippen LogP contribution in [-0.4, -0.2) is 42.7 Å². The van der Waals surface area contributed by atoms with E-state index in [1.807, 2.05) is 0 Å². The number of nitrogens with zero attached hydrogens (tertiary/aromatic N) is 5. The van der Waals surface area contributed by atoms with E-state index in [2.05, 4.69) is 30.5 Å². The van der Waals surface area contributed by atoms with Gasteiger partial charge in [-0.05, 0) is 49.8 Å². The number of hydrogen-bond donors (Lipinski definition) is 2. The largest absolute Gasteiger partial charge is 0.434 e. The summed E-state index contributed by atoms with van der Waals surface area (Å²) in [6.07, 6.45) is 4.62. The van der Waals surface area contributed by atoms with Gasteiger partial charge in [0.1, 0.15) is 11.5 Å². The summed E-state index contributed by atoms with van der Waals surface area (Å²) in [6, 6.07) is 6.53. The van der Waals surface area contributed by atoms with Crippen molar-refractivity contribution in [2.75, 3.05) is 0 Å². The van der Waals surface area contributed by atoms with E-state index in [4.69, 9.17) is 0 Å². The Hall–Kier alpha value is -3.76. The molecule has 170 valence electrons. The molecule has 0 aliphatic heterocycles. The van der Waals surface area contributed by atoms with Crippen molar-refractivity contribution in [2.45, 2.75) is 37.9 Å². The van der Waals surface area contributed by atoms with Crippen molar-refractivity contribution in [1.82, 2.24) is 29.9 Å². The first-order chi connectivity index (χ1) is 15.9. The molecule has 33 heavy (non-hydrogen) atoms. The fourth-order valence-electron chi connectivity index (χ4n) is 4.14. The van der Waals surface area contributed by atoms with Gasteiger partial charge in [0, 0.05) is 24.7 Å². The number of pyridine rings is 2. The molecule has 0 atom stereocenters. The Kier molecular flexibility index (Phi) is 5.31. The predicted molar refractivity (Wildman–Crippen MR) is 115 cm³/mol. The van der Waals surface area contributed by atoms with Gasteiger partial charge in [-0.3, -0.25) is 14.3 Å². The van der Waals surface area contributed by atoms with Crippen LogP contribution >= 0.6 is 0 Å². The molecule has 0 unspecified atom stereocenters. The molecule has 4 aromatic heterocycles. The van der Waals surface area contributed by atoms with E-state index in [0.717, 1.165) is 31.9 Å². The smallest absolute Gasteiger partial charge is 0.349 e. The van der Waals surface area contributed by atoms with Crippen LogP contribution in [0.2, 0.25) is 0 Å². The Labute approximate surface area is 186 Å². The van der Waals surface area contributed by atoms with Crippen molar-refractivity contribution in [3.63, 3.8) is 0 Å². The van der Waals surface area contributed by atoms with Gasteiger partial charge in [0.25, 0.3) is 5.91 Å². The van der Waals surface area contributed by atoms with Gasteiger partial charge in [-0.25, -0.2) is 15.0 Å². The molecule has 0 radical (unpaired) electrons. The average Bonchev–Trinajstić information content (AvgIpc) is 3.45. The molecule has 0 saturated heterocycles. The second kappa shape index (κ2) is 8.30. The first-order valence-corrected chi connectivity index (χ1v) is 10.6. The number of H-pyrrole nitrogens is 1. The monoisotopic (exact) mass is 455 g/mol. The van der Waals surface area contributed by atoms with E-state index < -0.39 is 11.9 Å². The molecule has 2 N–H and O–H groups in total. The van der Waals surface area contributed by atoms with E-state index in [0.29, 0.717) is 22.4 Å². The fourth-order valence-corrected chi connectivity index (χ4v) is 4.14. The van der Waals surface area contributed by atoms with E-state index in [-0.39, 0.29) is 23.5 Å². The molecule has 0 aromatic carbocycles. The minimum Gasteiger partial charge on any atom is -0.349 e. The van der Waals surface area contributed by atoms with E-state index in [1.165, 1.54) is 10.5 Å². The lowest BCUT2D eigenvalue weighted by Crippen LogP contribution is -2.37. The third-order valence-corrected chi connectivity index (χ3v) is 5.88. The minimum absolute atomic E-state index is 0.0451. The van der Waals surface area contributed by atoms with Gasteiger partial charge in [0.2, 0.25) is 0 Å². The maximum atomic E-state index is 13.0. The van der Waals surface area contributed by atoms with Gasteiger partial charge in [-0.1, -0.05) is 6.07 Å². The first-order valence-electron chi connectivity index (χ1n) is 10.6. The summed E-state index contributed by atoms with van der Waals surface area (Å²) in [5, 5.41) is 10.4. The molecule has 5 rings (SSSR count). The Balaban J connectivity index is 1.22. The summed E-state index contributed by atoms with van der Waals surface area (Å²) < 4.78 is 40.3. The van der Waals surface area contributed by atoms with Crippen molar-refractivity contribution in [3.8, 4) is 0 Å². The number of aliphatic imine (C=N–C) groups is 1. The van der Waals surface area contributed by atoms with Crippen molar-refractivity contribution in [3.05, 3.63) is 54.1 Å². The highest BCUT2D eigenvalue weighted by atomic mass is 19.4. The normalized spacial score (nSPS) is 19.5. The zero-order valence-corrected chi connectivity index (χ0v) is 17.4. The summed E-state index contributed by atoms with van der Waals surface area (Å²) in [5.41, 5.74) is 0.358. The number of aromatic nitrogens is 5. The van der Waals surface area contributed by atoms with Gasteiger partial charge in [0.15, 0.2) is 11.3 Å². The topological polar surface area (TPSA) is 100 Å². The highest BCUT2D eigenvalue weighted by Crippen LogP contribution is 2.30. The highest BCUT2D eigenvalue weighted by molar-refractivity contribution is 6.05. The summed E-state index contributed by atoms with van der Waals surface area (Å²) in [4.78, 5) is 24.9. The van der Waals surface area contributed by atoms with E-state index in [9.17, 15) is 18.0 Å². The molecule has 1 amide bonds. The molecular weight excluding hydrogens is 435 g/mol. The number of carbonyl (C=O) groups is 1. The number of imidazole rings is 1. The molecule has 1 saturated carbocycles. The molecule has 4 aromatic rings. The van der Waals surface area contributed by atoms with Crippen LogP contribution in [0.4, 0.5) is 19.0 Å². The number of rotatable bonds is 4. The molecule has 4 heterocycles. The summed E-state index contributed by atoms with van der Waals surface area (Å²) in [5.74, 6) is 0.418. The Bertz CT molecular complexity index is 1330. The van der Waals surface area contributed by atoms with Gasteiger partial charge in [-0.2, -0.15) is 18.3 Å². The standard InChI is InChI=1S/C22H20F3N7O/c23-22(24,25)17-12-32-18(2-1-3-19(32)30-17)27-10-13-4-6-14(7-5-13)29-21(33)15-8-9-26-20-16(15)11-28-31-20/h1-3,8-14H,4-7H2,(H,29,33)(H,26,28,31). The Morgan fingerprint density at radius 1 is 1.21 bits per heavy atom. The number of nitrogens with one attached hydrogen (secondary N) is 2. The van der Waals surface area contributed by atoms with Gasteiger partial charge < -0.3 is 5.32 Å². The number of alkyl halides is 3. The third-order valence-electron chi connectivity index (χ3n) is 5.88. The van der Waals surface area contributed by atoms with Crippen molar-refractivity contribution >= 4 is 34.6 Å². The highest BCUT2D eigenvalue weighted by Gasteiger charge is 2.34. The van der Waals surface area contributed by atoms with Crippen LogP contribution in [0.3, 0.4) is 0 Å². The lowest BCUT2D eigenvalue weighted by molar-refractivity contribution is -0.140. The Morgan fingerprint density at radius 3 is 2.82 bits per heavy atom. The second-order valence-electron chi connectivity index (χ2n) is 8.09. The van der Waals surface area contributed by atoms with Crippen LogP contribution in [0.15, 0.2) is 47.8 Å². The number of aromatic amines is 1. The maximum absolute atomic E-state index is 13.0. The lowest BCUT2D eigenvalue weighted by atomic mass is 9.86. The van der Waals surface area contributed by atoms with Crippen LogP contribution < -0.4 is 5.32 Å². The zero-order chi connectivity index (χ0) is 23.0. The maximum Gasteiger partial charge on any atom is 0.434 e. The van der Waals surface area contributed by atoms with Gasteiger partial charge in [-0.15, -0.1) is 0 Å². The number of carbonyl (C=O) groups excluding carboxylic acids is 1. The quantitative estimate of drug-likeness (QED) is 0.448. The number of fused-ring (bicyclic) bond motifs is 2. The molecule has 11 heteroatoms. The van der Waals surface area contributed by atoms with Crippen LogP contribution in [0.1, 0.15) is 41.7 Å². The number of halogens is 3. The SMILES string of the molecule is O=C(NC1CCC(C=Nc2cccc3nc(C(F)(F)F)cn23)CC1)c1ccnc2[nH]ncc12.